The van der Waals surface area contributed by atoms with Crippen molar-refractivity contribution in [3.63, 3.8) is 0 Å². The van der Waals surface area contributed by atoms with E-state index in [1.807, 2.05) is 6.92 Å². The molecule has 0 bridgehead atoms. The van der Waals surface area contributed by atoms with Crippen LogP contribution in [0.15, 0.2) is 23.4 Å². The number of sulfonamides is 1. The molecule has 18 heavy (non-hydrogen) atoms. The topological polar surface area (TPSA) is 85.5 Å². The summed E-state index contributed by atoms with van der Waals surface area (Å²) in [4.78, 5) is 3.98. The number of morpholine rings is 1. The Kier molecular flexibility index (Phi) is 3.96. The summed E-state index contributed by atoms with van der Waals surface area (Å²) in [6.07, 6.45) is 1.50. The average Bonchev–Trinajstić information content (AvgIpc) is 2.39. The Bertz CT molecular complexity index is 501. The van der Waals surface area contributed by atoms with E-state index in [0.717, 1.165) is 5.56 Å². The summed E-state index contributed by atoms with van der Waals surface area (Å²) in [5.41, 5.74) is 6.27. The molecule has 0 saturated carbocycles. The van der Waals surface area contributed by atoms with E-state index >= 15 is 0 Å². The fourth-order valence-electron chi connectivity index (χ4n) is 1.87. The lowest BCUT2D eigenvalue weighted by molar-refractivity contribution is 0.0391. The van der Waals surface area contributed by atoms with Crippen molar-refractivity contribution in [1.82, 2.24) is 9.29 Å². The molecule has 2 N–H and O–H groups in total. The molecule has 1 unspecified atom stereocenters. The monoisotopic (exact) mass is 271 g/mol. The Balaban J connectivity index is 2.28. The van der Waals surface area contributed by atoms with Crippen LogP contribution in [0.5, 0.6) is 0 Å². The number of rotatable bonds is 3. The third kappa shape index (κ3) is 2.54. The molecule has 1 aliphatic rings. The van der Waals surface area contributed by atoms with Gasteiger partial charge in [0.1, 0.15) is 0 Å². The first-order chi connectivity index (χ1) is 8.55. The van der Waals surface area contributed by atoms with Crippen LogP contribution in [0.25, 0.3) is 0 Å². The van der Waals surface area contributed by atoms with Crippen LogP contribution >= 0.6 is 0 Å². The van der Waals surface area contributed by atoms with Gasteiger partial charge in [-0.3, -0.25) is 0 Å². The zero-order valence-corrected chi connectivity index (χ0v) is 11.1. The summed E-state index contributed by atoms with van der Waals surface area (Å²) in [5.74, 6) is 0. The average molecular weight is 271 g/mol. The minimum Gasteiger partial charge on any atom is -0.378 e. The molecule has 1 fully saturated rings. The Morgan fingerprint density at radius 3 is 2.89 bits per heavy atom. The molecule has 0 aromatic carbocycles. The van der Waals surface area contributed by atoms with Gasteiger partial charge in [-0.2, -0.15) is 4.31 Å². The second-order valence-electron chi connectivity index (χ2n) is 4.25. The number of nitrogens with two attached hydrogens (primary N) is 1. The smallest absolute Gasteiger partial charge is 0.260 e. The molecule has 1 aromatic heterocycles. The third-order valence-corrected chi connectivity index (χ3v) is 4.84. The van der Waals surface area contributed by atoms with Crippen LogP contribution < -0.4 is 5.73 Å². The van der Waals surface area contributed by atoms with Crippen LogP contribution in [0.3, 0.4) is 0 Å². The van der Waals surface area contributed by atoms with Crippen molar-refractivity contribution in [3.05, 3.63) is 23.9 Å². The first kappa shape index (κ1) is 13.4. The summed E-state index contributed by atoms with van der Waals surface area (Å²) in [6.45, 7) is 3.38. The van der Waals surface area contributed by atoms with Crippen molar-refractivity contribution >= 4 is 10.0 Å². The lowest BCUT2D eigenvalue weighted by Gasteiger charge is -2.31. The van der Waals surface area contributed by atoms with E-state index in [9.17, 15) is 8.42 Å². The van der Waals surface area contributed by atoms with Crippen LogP contribution in [-0.2, 0) is 21.3 Å². The maximum atomic E-state index is 12.4. The van der Waals surface area contributed by atoms with Crippen molar-refractivity contribution in [2.75, 3.05) is 19.8 Å². The Morgan fingerprint density at radius 1 is 1.56 bits per heavy atom. The Morgan fingerprint density at radius 2 is 2.33 bits per heavy atom. The summed E-state index contributed by atoms with van der Waals surface area (Å²) in [6, 6.07) is 3.02. The summed E-state index contributed by atoms with van der Waals surface area (Å²) in [7, 11) is -3.53. The molecule has 7 heteroatoms. The maximum absolute atomic E-state index is 12.4. The summed E-state index contributed by atoms with van der Waals surface area (Å²) < 4.78 is 31.4. The number of aromatic nitrogens is 1. The highest BCUT2D eigenvalue weighted by Gasteiger charge is 2.32. The number of hydrogen-bond donors (Lipinski definition) is 1. The molecule has 1 saturated heterocycles. The SMILES string of the molecule is CC1COCCN1S(=O)(=O)c1ccc(CN)cn1. The molecular formula is C11H17N3O3S. The first-order valence-electron chi connectivity index (χ1n) is 5.80. The van der Waals surface area contributed by atoms with Gasteiger partial charge in [-0.15, -0.1) is 0 Å². The highest BCUT2D eigenvalue weighted by molar-refractivity contribution is 7.89. The normalized spacial score (nSPS) is 22.0. The van der Waals surface area contributed by atoms with Gasteiger partial charge in [0.2, 0.25) is 0 Å². The van der Waals surface area contributed by atoms with E-state index < -0.39 is 10.0 Å². The minimum absolute atomic E-state index is 0.0634. The van der Waals surface area contributed by atoms with Gasteiger partial charge in [0.05, 0.1) is 13.2 Å². The molecule has 6 nitrogen and oxygen atoms in total. The standard InChI is InChI=1S/C11H17N3O3S/c1-9-8-17-5-4-14(9)18(15,16)11-3-2-10(6-12)7-13-11/h2-3,7,9H,4-6,8,12H2,1H3. The zero-order valence-electron chi connectivity index (χ0n) is 10.2. The minimum atomic E-state index is -3.53. The number of ether oxygens (including phenoxy) is 1. The predicted octanol–water partition coefficient (Wildman–Crippen LogP) is -0.0503. The summed E-state index contributed by atoms with van der Waals surface area (Å²) in [5, 5.41) is 0.0634. The van der Waals surface area contributed by atoms with Crippen molar-refractivity contribution < 1.29 is 13.2 Å². The molecule has 2 heterocycles. The number of pyridine rings is 1. The fraction of sp³-hybridized carbons (Fsp3) is 0.545. The van der Waals surface area contributed by atoms with Crippen molar-refractivity contribution in [2.24, 2.45) is 5.73 Å². The molecule has 0 aliphatic carbocycles. The van der Waals surface area contributed by atoms with Gasteiger partial charge < -0.3 is 10.5 Å². The molecule has 0 spiro atoms. The van der Waals surface area contributed by atoms with Gasteiger partial charge in [-0.1, -0.05) is 6.07 Å². The third-order valence-electron chi connectivity index (χ3n) is 2.91. The molecular weight excluding hydrogens is 254 g/mol. The number of nitrogens with zero attached hydrogens (tertiary/aromatic N) is 2. The van der Waals surface area contributed by atoms with Crippen LogP contribution in [0.1, 0.15) is 12.5 Å². The van der Waals surface area contributed by atoms with E-state index in [1.54, 1.807) is 6.07 Å². The molecule has 100 valence electrons. The summed E-state index contributed by atoms with van der Waals surface area (Å²) >= 11 is 0. The second-order valence-corrected chi connectivity index (χ2v) is 6.09. The van der Waals surface area contributed by atoms with Crippen molar-refractivity contribution in [3.8, 4) is 0 Å². The van der Waals surface area contributed by atoms with E-state index in [0.29, 0.717) is 26.3 Å². The van der Waals surface area contributed by atoms with E-state index in [2.05, 4.69) is 4.98 Å². The van der Waals surface area contributed by atoms with Crippen LogP contribution in [0.2, 0.25) is 0 Å². The van der Waals surface area contributed by atoms with Crippen LogP contribution in [-0.4, -0.2) is 43.5 Å². The van der Waals surface area contributed by atoms with Gasteiger partial charge >= 0.3 is 0 Å². The molecule has 1 aromatic rings. The van der Waals surface area contributed by atoms with Gasteiger partial charge in [0.25, 0.3) is 10.0 Å². The molecule has 1 aliphatic heterocycles. The molecule has 2 rings (SSSR count). The molecule has 1 atom stereocenters. The lowest BCUT2D eigenvalue weighted by atomic mass is 10.3. The maximum Gasteiger partial charge on any atom is 0.260 e. The lowest BCUT2D eigenvalue weighted by Crippen LogP contribution is -2.47. The van der Waals surface area contributed by atoms with E-state index in [1.165, 1.54) is 16.6 Å². The van der Waals surface area contributed by atoms with Gasteiger partial charge in [0.15, 0.2) is 5.03 Å². The number of hydrogen-bond acceptors (Lipinski definition) is 5. The van der Waals surface area contributed by atoms with Crippen LogP contribution in [0, 0.1) is 0 Å². The van der Waals surface area contributed by atoms with Gasteiger partial charge in [-0.25, -0.2) is 13.4 Å². The Hall–Kier alpha value is -1.02. The van der Waals surface area contributed by atoms with E-state index in [4.69, 9.17) is 10.5 Å². The van der Waals surface area contributed by atoms with Crippen LogP contribution in [0.4, 0.5) is 0 Å². The van der Waals surface area contributed by atoms with E-state index in [-0.39, 0.29) is 11.1 Å². The predicted molar refractivity (Wildman–Crippen MR) is 66.3 cm³/mol. The Labute approximate surface area is 107 Å². The van der Waals surface area contributed by atoms with Crippen molar-refractivity contribution in [2.45, 2.75) is 24.5 Å². The van der Waals surface area contributed by atoms with Crippen molar-refractivity contribution in [1.29, 1.82) is 0 Å². The highest BCUT2D eigenvalue weighted by atomic mass is 32.2. The highest BCUT2D eigenvalue weighted by Crippen LogP contribution is 2.18. The zero-order chi connectivity index (χ0) is 13.2. The molecule has 0 amide bonds. The quantitative estimate of drug-likeness (QED) is 0.833. The molecule has 0 radical (unpaired) electrons. The fourth-order valence-corrected chi connectivity index (χ4v) is 3.39. The second kappa shape index (κ2) is 5.31. The van der Waals surface area contributed by atoms with Gasteiger partial charge in [-0.05, 0) is 18.6 Å². The van der Waals surface area contributed by atoms with Gasteiger partial charge in [0, 0.05) is 25.3 Å². The largest absolute Gasteiger partial charge is 0.378 e. The first-order valence-corrected chi connectivity index (χ1v) is 7.24.